The van der Waals surface area contributed by atoms with Gasteiger partial charge in [-0.3, -0.25) is 4.79 Å². The van der Waals surface area contributed by atoms with E-state index in [9.17, 15) is 4.79 Å². The Bertz CT molecular complexity index is 314. The maximum atomic E-state index is 10.2. The maximum Gasteiger partial charge on any atom is 0.211 e. The van der Waals surface area contributed by atoms with Crippen LogP contribution >= 0.6 is 27.5 Å². The van der Waals surface area contributed by atoms with Gasteiger partial charge in [-0.15, -0.1) is 0 Å². The van der Waals surface area contributed by atoms with Crippen LogP contribution in [-0.4, -0.2) is 6.41 Å². The quantitative estimate of drug-likeness (QED) is 0.801. The first-order valence-electron chi connectivity index (χ1n) is 3.31. The molecule has 0 saturated heterocycles. The first-order valence-corrected chi connectivity index (χ1v) is 4.48. The third-order valence-electron chi connectivity index (χ3n) is 1.55. The van der Waals surface area contributed by atoms with Crippen molar-refractivity contribution in [2.75, 3.05) is 5.32 Å². The predicted molar refractivity (Wildman–Crippen MR) is 53.6 cm³/mol. The normalized spacial score (nSPS) is 9.58. The standard InChI is InChI=1S/C8H7BrClNO/c1-5-7(11-4-12)3-2-6(9)8(5)10/h2-4H,1H3,(H,11,12). The lowest BCUT2D eigenvalue weighted by Crippen LogP contribution is -1.96. The zero-order valence-corrected chi connectivity index (χ0v) is 8.74. The molecule has 1 rings (SSSR count). The molecule has 4 heteroatoms. The summed E-state index contributed by atoms with van der Waals surface area (Å²) in [6.45, 7) is 1.85. The molecule has 0 fully saturated rings. The van der Waals surface area contributed by atoms with Crippen molar-refractivity contribution >= 4 is 39.6 Å². The zero-order valence-electron chi connectivity index (χ0n) is 6.40. The Balaban J connectivity index is 3.16. The summed E-state index contributed by atoms with van der Waals surface area (Å²) in [5, 5.41) is 3.18. The summed E-state index contributed by atoms with van der Waals surface area (Å²) in [6.07, 6.45) is 0.632. The molecule has 0 bridgehead atoms. The lowest BCUT2D eigenvalue weighted by atomic mass is 10.2. The van der Waals surface area contributed by atoms with Gasteiger partial charge in [-0.2, -0.15) is 0 Å². The van der Waals surface area contributed by atoms with Crippen molar-refractivity contribution in [1.82, 2.24) is 0 Å². The van der Waals surface area contributed by atoms with E-state index in [1.54, 1.807) is 12.1 Å². The lowest BCUT2D eigenvalue weighted by Gasteiger charge is -2.06. The molecule has 12 heavy (non-hydrogen) atoms. The van der Waals surface area contributed by atoms with Crippen LogP contribution in [-0.2, 0) is 4.79 Å². The molecule has 0 unspecified atom stereocenters. The van der Waals surface area contributed by atoms with Gasteiger partial charge in [-0.1, -0.05) is 11.6 Å². The summed E-state index contributed by atoms with van der Waals surface area (Å²) >= 11 is 9.20. The van der Waals surface area contributed by atoms with E-state index < -0.39 is 0 Å². The van der Waals surface area contributed by atoms with Crippen LogP contribution in [0.15, 0.2) is 16.6 Å². The van der Waals surface area contributed by atoms with Gasteiger partial charge in [0.2, 0.25) is 6.41 Å². The fraction of sp³-hybridized carbons (Fsp3) is 0.125. The number of halogens is 2. The van der Waals surface area contributed by atoms with Gasteiger partial charge >= 0.3 is 0 Å². The molecule has 1 amide bonds. The minimum Gasteiger partial charge on any atom is -0.328 e. The summed E-state index contributed by atoms with van der Waals surface area (Å²) in [4.78, 5) is 10.2. The molecule has 0 aromatic heterocycles. The van der Waals surface area contributed by atoms with Crippen molar-refractivity contribution in [3.63, 3.8) is 0 Å². The van der Waals surface area contributed by atoms with Gasteiger partial charge in [0.05, 0.1) is 5.02 Å². The molecule has 1 aromatic rings. The molecule has 0 aliphatic heterocycles. The van der Waals surface area contributed by atoms with Crippen molar-refractivity contribution in [2.45, 2.75) is 6.92 Å². The van der Waals surface area contributed by atoms with Crippen LogP contribution < -0.4 is 5.32 Å². The van der Waals surface area contributed by atoms with Crippen LogP contribution in [0.5, 0.6) is 0 Å². The van der Waals surface area contributed by atoms with Crippen LogP contribution in [0.3, 0.4) is 0 Å². The van der Waals surface area contributed by atoms with Crippen LogP contribution in [0.4, 0.5) is 5.69 Å². The van der Waals surface area contributed by atoms with Crippen molar-refractivity contribution in [3.05, 3.63) is 27.2 Å². The van der Waals surface area contributed by atoms with E-state index in [2.05, 4.69) is 21.2 Å². The number of rotatable bonds is 2. The number of carbonyl (C=O) groups excluding carboxylic acids is 1. The molecular weight excluding hydrogens is 241 g/mol. The van der Waals surface area contributed by atoms with Crippen LogP contribution in [0, 0.1) is 6.92 Å². The Labute approximate surface area is 84.0 Å². The average molecular weight is 249 g/mol. The van der Waals surface area contributed by atoms with Crippen molar-refractivity contribution < 1.29 is 4.79 Å². The molecule has 0 saturated carbocycles. The zero-order chi connectivity index (χ0) is 9.14. The third-order valence-corrected chi connectivity index (χ3v) is 2.93. The van der Waals surface area contributed by atoms with Gasteiger partial charge in [0.25, 0.3) is 0 Å². The highest BCUT2D eigenvalue weighted by atomic mass is 79.9. The Hall–Kier alpha value is -0.540. The Kier molecular flexibility index (Phi) is 3.12. The van der Waals surface area contributed by atoms with E-state index in [-0.39, 0.29) is 0 Å². The molecule has 0 aliphatic rings. The number of carbonyl (C=O) groups is 1. The number of benzene rings is 1. The first kappa shape index (κ1) is 9.55. The topological polar surface area (TPSA) is 29.1 Å². The second-order valence-electron chi connectivity index (χ2n) is 2.30. The molecule has 0 spiro atoms. The summed E-state index contributed by atoms with van der Waals surface area (Å²) in [5.74, 6) is 0. The molecule has 1 N–H and O–H groups in total. The van der Waals surface area contributed by atoms with E-state index in [4.69, 9.17) is 11.6 Å². The molecular formula is C8H7BrClNO. The average Bonchev–Trinajstić information content (AvgIpc) is 2.07. The van der Waals surface area contributed by atoms with E-state index in [1.807, 2.05) is 6.92 Å². The molecule has 0 heterocycles. The molecule has 0 radical (unpaired) electrons. The van der Waals surface area contributed by atoms with Crippen molar-refractivity contribution in [2.24, 2.45) is 0 Å². The summed E-state index contributed by atoms with van der Waals surface area (Å²) in [5.41, 5.74) is 1.59. The van der Waals surface area contributed by atoms with Gasteiger partial charge in [0, 0.05) is 10.2 Å². The minimum absolute atomic E-state index is 0.627. The van der Waals surface area contributed by atoms with Crippen LogP contribution in [0.1, 0.15) is 5.56 Å². The summed E-state index contributed by atoms with van der Waals surface area (Å²) < 4.78 is 0.832. The van der Waals surface area contributed by atoms with E-state index in [0.717, 1.165) is 15.7 Å². The second kappa shape index (κ2) is 3.92. The predicted octanol–water partition coefficient (Wildman–Crippen LogP) is 2.98. The Morgan fingerprint density at radius 3 is 2.83 bits per heavy atom. The number of anilines is 1. The fourth-order valence-electron chi connectivity index (χ4n) is 0.872. The van der Waals surface area contributed by atoms with Gasteiger partial charge < -0.3 is 5.32 Å². The minimum atomic E-state index is 0.627. The smallest absolute Gasteiger partial charge is 0.211 e. The second-order valence-corrected chi connectivity index (χ2v) is 3.53. The number of nitrogens with one attached hydrogen (secondary N) is 1. The molecule has 2 nitrogen and oxygen atoms in total. The summed E-state index contributed by atoms with van der Waals surface area (Å²) in [7, 11) is 0. The van der Waals surface area contributed by atoms with Gasteiger partial charge in [0.15, 0.2) is 0 Å². The number of amides is 1. The van der Waals surface area contributed by atoms with Gasteiger partial charge in [0.1, 0.15) is 0 Å². The molecule has 0 aliphatic carbocycles. The number of hydrogen-bond donors (Lipinski definition) is 1. The first-order chi connectivity index (χ1) is 5.66. The molecule has 1 aromatic carbocycles. The fourth-order valence-corrected chi connectivity index (χ4v) is 1.47. The third kappa shape index (κ3) is 1.79. The van der Waals surface area contributed by atoms with E-state index in [1.165, 1.54) is 0 Å². The lowest BCUT2D eigenvalue weighted by molar-refractivity contribution is -0.105. The van der Waals surface area contributed by atoms with Gasteiger partial charge in [-0.25, -0.2) is 0 Å². The maximum absolute atomic E-state index is 10.2. The largest absolute Gasteiger partial charge is 0.328 e. The van der Waals surface area contributed by atoms with Crippen LogP contribution in [0.25, 0.3) is 0 Å². The Morgan fingerprint density at radius 2 is 2.25 bits per heavy atom. The highest BCUT2D eigenvalue weighted by molar-refractivity contribution is 9.10. The van der Waals surface area contributed by atoms with Crippen molar-refractivity contribution in [1.29, 1.82) is 0 Å². The highest BCUT2D eigenvalue weighted by Crippen LogP contribution is 2.30. The SMILES string of the molecule is Cc1c(NC=O)ccc(Br)c1Cl. The van der Waals surface area contributed by atoms with Crippen LogP contribution in [0.2, 0.25) is 5.02 Å². The monoisotopic (exact) mass is 247 g/mol. The molecule has 0 atom stereocenters. The molecule has 64 valence electrons. The van der Waals surface area contributed by atoms with Gasteiger partial charge in [-0.05, 0) is 40.5 Å². The highest BCUT2D eigenvalue weighted by Gasteiger charge is 2.04. The summed E-state index contributed by atoms with van der Waals surface area (Å²) in [6, 6.07) is 3.58. The number of hydrogen-bond acceptors (Lipinski definition) is 1. The van der Waals surface area contributed by atoms with Crippen molar-refractivity contribution in [3.8, 4) is 0 Å². The van der Waals surface area contributed by atoms with E-state index in [0.29, 0.717) is 11.4 Å². The van der Waals surface area contributed by atoms with E-state index >= 15 is 0 Å². The Morgan fingerprint density at radius 1 is 1.58 bits per heavy atom.